The van der Waals surface area contributed by atoms with Crippen molar-refractivity contribution in [1.29, 1.82) is 0 Å². The third-order valence-electron chi connectivity index (χ3n) is 4.63. The van der Waals surface area contributed by atoms with Gasteiger partial charge in [0.25, 0.3) is 11.8 Å². The minimum atomic E-state index is -1.03. The maximum atomic E-state index is 12.5. The van der Waals surface area contributed by atoms with Crippen molar-refractivity contribution >= 4 is 18.0 Å². The second kappa shape index (κ2) is 4.08. The lowest BCUT2D eigenvalue weighted by atomic mass is 9.71. The van der Waals surface area contributed by atoms with Gasteiger partial charge in [0.2, 0.25) is 0 Å². The Kier molecular flexibility index (Phi) is 2.74. The van der Waals surface area contributed by atoms with Gasteiger partial charge in [0, 0.05) is 0 Å². The topological polar surface area (TPSA) is 72.9 Å². The normalized spacial score (nSPS) is 37.1. The number of allylic oxidation sites excluding steroid dienone is 2. The summed E-state index contributed by atoms with van der Waals surface area (Å²) in [6.45, 7) is 6.83. The Morgan fingerprint density at radius 3 is 2.57 bits per heavy atom. The molecule has 21 heavy (non-hydrogen) atoms. The van der Waals surface area contributed by atoms with E-state index in [2.05, 4.69) is 0 Å². The van der Waals surface area contributed by atoms with E-state index in [9.17, 15) is 14.4 Å². The summed E-state index contributed by atoms with van der Waals surface area (Å²) < 4.78 is 5.00. The van der Waals surface area contributed by atoms with Crippen LogP contribution in [-0.4, -0.2) is 28.6 Å². The van der Waals surface area contributed by atoms with Crippen LogP contribution in [0.25, 0.3) is 0 Å². The van der Waals surface area contributed by atoms with Crippen LogP contribution in [0, 0.1) is 23.2 Å². The molecule has 0 aromatic carbocycles. The lowest BCUT2D eigenvalue weighted by Crippen LogP contribution is -2.39. The molecule has 2 fully saturated rings. The molecule has 4 atom stereocenters. The zero-order chi connectivity index (χ0) is 15.6. The molecule has 1 heterocycles. The van der Waals surface area contributed by atoms with Crippen LogP contribution in [0.3, 0.4) is 0 Å². The van der Waals surface area contributed by atoms with Crippen molar-refractivity contribution in [2.24, 2.45) is 23.2 Å². The summed E-state index contributed by atoms with van der Waals surface area (Å²) in [6.07, 6.45) is 3.76. The monoisotopic (exact) mass is 293 g/mol. The van der Waals surface area contributed by atoms with Crippen LogP contribution in [0.1, 0.15) is 34.1 Å². The van der Waals surface area contributed by atoms with Gasteiger partial charge in [-0.25, -0.2) is 4.79 Å². The molecule has 114 valence electrons. The number of imide groups is 1. The van der Waals surface area contributed by atoms with Gasteiger partial charge in [0.15, 0.2) is 0 Å². The molecule has 6 nitrogen and oxygen atoms in total. The van der Waals surface area contributed by atoms with Crippen molar-refractivity contribution in [3.63, 3.8) is 0 Å². The Hall–Kier alpha value is -1.85. The number of nitrogens with zero attached hydrogens (tertiary/aromatic N) is 1. The first-order valence-corrected chi connectivity index (χ1v) is 7.12. The molecule has 0 N–H and O–H groups in total. The van der Waals surface area contributed by atoms with Gasteiger partial charge >= 0.3 is 6.16 Å². The van der Waals surface area contributed by atoms with Gasteiger partial charge in [-0.05, 0) is 46.0 Å². The summed E-state index contributed by atoms with van der Waals surface area (Å²) in [5, 5.41) is 0.602. The molecule has 1 aliphatic heterocycles. The lowest BCUT2D eigenvalue weighted by molar-refractivity contribution is -0.184. The summed E-state index contributed by atoms with van der Waals surface area (Å²) in [7, 11) is 0. The van der Waals surface area contributed by atoms with Crippen LogP contribution in [-0.2, 0) is 19.2 Å². The van der Waals surface area contributed by atoms with E-state index in [1.807, 2.05) is 12.2 Å². The van der Waals surface area contributed by atoms with Gasteiger partial charge in [-0.2, -0.15) is 0 Å². The molecule has 3 rings (SSSR count). The fourth-order valence-corrected chi connectivity index (χ4v) is 3.70. The molecule has 3 unspecified atom stereocenters. The molecule has 0 radical (unpaired) electrons. The first-order chi connectivity index (χ1) is 9.64. The molecular weight excluding hydrogens is 274 g/mol. The van der Waals surface area contributed by atoms with E-state index in [4.69, 9.17) is 9.57 Å². The van der Waals surface area contributed by atoms with Crippen LogP contribution in [0.2, 0.25) is 0 Å². The molecule has 0 aromatic rings. The number of fused-ring (bicyclic) bond motifs is 5. The summed E-state index contributed by atoms with van der Waals surface area (Å²) in [4.78, 5) is 41.6. The van der Waals surface area contributed by atoms with Crippen molar-refractivity contribution in [1.82, 2.24) is 5.06 Å². The van der Waals surface area contributed by atoms with Gasteiger partial charge < -0.3 is 4.74 Å². The number of hydrogen-bond donors (Lipinski definition) is 0. The Morgan fingerprint density at radius 1 is 1.33 bits per heavy atom. The maximum absolute atomic E-state index is 12.5. The predicted molar refractivity (Wildman–Crippen MR) is 71.5 cm³/mol. The first kappa shape index (κ1) is 14.1. The van der Waals surface area contributed by atoms with E-state index in [1.165, 1.54) is 0 Å². The second-order valence-corrected chi connectivity index (χ2v) is 7.14. The molecule has 1 saturated carbocycles. The minimum Gasteiger partial charge on any atom is -0.427 e. The fourth-order valence-electron chi connectivity index (χ4n) is 3.70. The zero-order valence-electron chi connectivity index (χ0n) is 12.6. The maximum Gasteiger partial charge on any atom is 0.534 e. The molecule has 6 heteroatoms. The van der Waals surface area contributed by atoms with Crippen molar-refractivity contribution in [3.05, 3.63) is 12.2 Å². The number of carbonyl (C=O) groups excluding carboxylic acids is 3. The third-order valence-corrected chi connectivity index (χ3v) is 4.63. The fraction of sp³-hybridized carbons (Fsp3) is 0.667. The van der Waals surface area contributed by atoms with E-state index < -0.39 is 34.9 Å². The number of hydroxylamine groups is 2. The van der Waals surface area contributed by atoms with Gasteiger partial charge in [0.1, 0.15) is 5.60 Å². The zero-order valence-corrected chi connectivity index (χ0v) is 12.6. The van der Waals surface area contributed by atoms with E-state index >= 15 is 0 Å². The van der Waals surface area contributed by atoms with Crippen LogP contribution < -0.4 is 0 Å². The molecular formula is C15H19NO5. The summed E-state index contributed by atoms with van der Waals surface area (Å²) in [5.41, 5.74) is -1.54. The highest BCUT2D eigenvalue weighted by Gasteiger charge is 2.68. The number of ether oxygens (including phenoxy) is 1. The lowest BCUT2D eigenvalue weighted by Gasteiger charge is -2.27. The van der Waals surface area contributed by atoms with E-state index in [-0.39, 0.29) is 11.8 Å². The average molecular weight is 293 g/mol. The van der Waals surface area contributed by atoms with E-state index in [0.29, 0.717) is 5.06 Å². The van der Waals surface area contributed by atoms with Crippen molar-refractivity contribution in [3.8, 4) is 0 Å². The Bertz CT molecular complexity index is 561. The Labute approximate surface area is 123 Å². The largest absolute Gasteiger partial charge is 0.534 e. The highest BCUT2D eigenvalue weighted by Crippen LogP contribution is 2.60. The van der Waals surface area contributed by atoms with E-state index in [0.717, 1.165) is 6.42 Å². The van der Waals surface area contributed by atoms with Crippen LogP contribution in [0.5, 0.6) is 0 Å². The highest BCUT2D eigenvalue weighted by atomic mass is 16.8. The number of hydrogen-bond acceptors (Lipinski definition) is 5. The van der Waals surface area contributed by atoms with Gasteiger partial charge in [-0.3, -0.25) is 14.4 Å². The average Bonchev–Trinajstić information content (AvgIpc) is 2.95. The van der Waals surface area contributed by atoms with Crippen molar-refractivity contribution < 1.29 is 24.0 Å². The second-order valence-electron chi connectivity index (χ2n) is 7.14. The summed E-state index contributed by atoms with van der Waals surface area (Å²) in [5.74, 6) is -1.22. The molecule has 0 aromatic heterocycles. The van der Waals surface area contributed by atoms with Gasteiger partial charge in [0.05, 0.1) is 11.3 Å². The van der Waals surface area contributed by atoms with Gasteiger partial charge in [-0.1, -0.05) is 17.2 Å². The van der Waals surface area contributed by atoms with Crippen LogP contribution in [0.4, 0.5) is 4.79 Å². The first-order valence-electron chi connectivity index (χ1n) is 7.12. The van der Waals surface area contributed by atoms with Crippen LogP contribution in [0.15, 0.2) is 12.2 Å². The Balaban J connectivity index is 1.80. The highest BCUT2D eigenvalue weighted by molar-refractivity contribution is 6.08. The molecule has 1 saturated heterocycles. The van der Waals surface area contributed by atoms with Gasteiger partial charge in [-0.15, -0.1) is 0 Å². The molecule has 2 bridgehead atoms. The third kappa shape index (κ3) is 1.88. The number of carbonyl (C=O) groups is 3. The van der Waals surface area contributed by atoms with Crippen molar-refractivity contribution in [2.75, 3.05) is 0 Å². The standard InChI is InChI=1S/C15H19NO5/c1-14(2,3)20-13(19)21-16-11(17)10-8-5-6-9(7-8)15(10,4)12(16)18/h5-6,8-10H,7H2,1-4H3/t8?,9?,10-,15?/m1/s1. The molecule has 2 aliphatic carbocycles. The van der Waals surface area contributed by atoms with Crippen molar-refractivity contribution in [2.45, 2.75) is 39.7 Å². The smallest absolute Gasteiger partial charge is 0.427 e. The summed E-state index contributed by atoms with van der Waals surface area (Å²) >= 11 is 0. The SMILES string of the molecule is CC(C)(C)OC(=O)ON1C(=O)[C@H]2C3C=CC(C3)C2(C)C1=O. The molecule has 2 amide bonds. The molecule has 0 spiro atoms. The minimum absolute atomic E-state index is 0.0381. The quantitative estimate of drug-likeness (QED) is 0.420. The predicted octanol–water partition coefficient (Wildman–Crippen LogP) is 2.05. The Morgan fingerprint density at radius 2 is 2.00 bits per heavy atom. The molecule has 3 aliphatic rings. The van der Waals surface area contributed by atoms with Crippen LogP contribution >= 0.6 is 0 Å². The number of rotatable bonds is 1. The number of amides is 2. The summed E-state index contributed by atoms with van der Waals surface area (Å²) in [6, 6.07) is 0. The van der Waals surface area contributed by atoms with E-state index in [1.54, 1.807) is 27.7 Å².